The third-order valence-electron chi connectivity index (χ3n) is 2.75. The van der Waals surface area contributed by atoms with E-state index in [1.165, 1.54) is 6.26 Å². The molecule has 2 N–H and O–H groups in total. The lowest BCUT2D eigenvalue weighted by molar-refractivity contribution is 0.586. The summed E-state index contributed by atoms with van der Waals surface area (Å²) in [5, 5.41) is 8.57. The SMILES string of the molecule is Cc1nn(C)cc1-c1nn(CCS(C)(=O)=O)cc1N. The fourth-order valence-electron chi connectivity index (χ4n) is 1.85. The topological polar surface area (TPSA) is 95.8 Å². The molecule has 104 valence electrons. The Morgan fingerprint density at radius 1 is 1.32 bits per heavy atom. The van der Waals surface area contributed by atoms with Crippen LogP contribution in [-0.2, 0) is 23.4 Å². The molecule has 0 bridgehead atoms. The fourth-order valence-corrected chi connectivity index (χ4v) is 2.37. The molecule has 0 amide bonds. The third kappa shape index (κ3) is 3.14. The molecule has 0 radical (unpaired) electrons. The van der Waals surface area contributed by atoms with Crippen LogP contribution in [0.15, 0.2) is 12.4 Å². The van der Waals surface area contributed by atoms with Gasteiger partial charge in [0.1, 0.15) is 15.5 Å². The highest BCUT2D eigenvalue weighted by molar-refractivity contribution is 7.90. The molecule has 2 aromatic rings. The van der Waals surface area contributed by atoms with Gasteiger partial charge < -0.3 is 5.73 Å². The van der Waals surface area contributed by atoms with E-state index in [1.807, 2.05) is 20.2 Å². The minimum Gasteiger partial charge on any atom is -0.396 e. The van der Waals surface area contributed by atoms with Crippen LogP contribution in [0.25, 0.3) is 11.3 Å². The summed E-state index contributed by atoms with van der Waals surface area (Å²) in [7, 11) is -1.19. The van der Waals surface area contributed by atoms with Gasteiger partial charge in [-0.15, -0.1) is 0 Å². The number of nitrogens with two attached hydrogens (primary N) is 1. The van der Waals surface area contributed by atoms with Crippen molar-refractivity contribution in [3.63, 3.8) is 0 Å². The summed E-state index contributed by atoms with van der Waals surface area (Å²) in [6.45, 7) is 2.17. The first-order chi connectivity index (χ1) is 8.76. The fraction of sp³-hybridized carbons (Fsp3) is 0.455. The van der Waals surface area contributed by atoms with E-state index in [4.69, 9.17) is 5.73 Å². The average molecular weight is 283 g/mol. The summed E-state index contributed by atoms with van der Waals surface area (Å²) in [5.41, 5.74) is 8.77. The Morgan fingerprint density at radius 2 is 2.00 bits per heavy atom. The number of hydrogen-bond donors (Lipinski definition) is 1. The first-order valence-electron chi connectivity index (χ1n) is 5.77. The minimum absolute atomic E-state index is 0.0413. The Bertz CT molecular complexity index is 699. The molecule has 2 aromatic heterocycles. The lowest BCUT2D eigenvalue weighted by Gasteiger charge is -1.99. The van der Waals surface area contributed by atoms with Crippen molar-refractivity contribution in [2.75, 3.05) is 17.7 Å². The average Bonchev–Trinajstić information content (AvgIpc) is 2.78. The van der Waals surface area contributed by atoms with Crippen LogP contribution in [0.2, 0.25) is 0 Å². The summed E-state index contributed by atoms with van der Waals surface area (Å²) >= 11 is 0. The molecule has 0 aliphatic heterocycles. The Balaban J connectivity index is 2.29. The van der Waals surface area contributed by atoms with Crippen LogP contribution in [0.1, 0.15) is 5.69 Å². The van der Waals surface area contributed by atoms with Gasteiger partial charge in [0.15, 0.2) is 0 Å². The van der Waals surface area contributed by atoms with Gasteiger partial charge in [-0.05, 0) is 6.92 Å². The molecule has 0 fully saturated rings. The summed E-state index contributed by atoms with van der Waals surface area (Å²) in [6.07, 6.45) is 4.69. The zero-order chi connectivity index (χ0) is 14.2. The summed E-state index contributed by atoms with van der Waals surface area (Å²) in [4.78, 5) is 0. The molecule has 2 heterocycles. The Kier molecular flexibility index (Phi) is 3.36. The predicted molar refractivity (Wildman–Crippen MR) is 73.3 cm³/mol. The van der Waals surface area contributed by atoms with Crippen molar-refractivity contribution in [3.05, 3.63) is 18.1 Å². The van der Waals surface area contributed by atoms with Crippen molar-refractivity contribution in [2.24, 2.45) is 7.05 Å². The molecule has 19 heavy (non-hydrogen) atoms. The van der Waals surface area contributed by atoms with Gasteiger partial charge in [0.05, 0.1) is 23.7 Å². The number of rotatable bonds is 4. The maximum Gasteiger partial charge on any atom is 0.149 e. The molecule has 0 saturated heterocycles. The molecular formula is C11H17N5O2S. The maximum absolute atomic E-state index is 11.1. The monoisotopic (exact) mass is 283 g/mol. The Labute approximate surface area is 111 Å². The number of aryl methyl sites for hydroxylation is 3. The van der Waals surface area contributed by atoms with E-state index in [9.17, 15) is 8.42 Å². The number of aromatic nitrogens is 4. The number of nitrogen functional groups attached to an aromatic ring is 1. The zero-order valence-electron chi connectivity index (χ0n) is 11.2. The largest absolute Gasteiger partial charge is 0.396 e. The number of sulfone groups is 1. The first kappa shape index (κ1) is 13.6. The van der Waals surface area contributed by atoms with Gasteiger partial charge in [-0.3, -0.25) is 9.36 Å². The van der Waals surface area contributed by atoms with Crippen LogP contribution < -0.4 is 5.73 Å². The second-order valence-corrected chi connectivity index (χ2v) is 6.89. The highest BCUT2D eigenvalue weighted by Gasteiger charge is 2.14. The maximum atomic E-state index is 11.1. The lowest BCUT2D eigenvalue weighted by atomic mass is 10.2. The number of nitrogens with zero attached hydrogens (tertiary/aromatic N) is 4. The highest BCUT2D eigenvalue weighted by atomic mass is 32.2. The van der Waals surface area contributed by atoms with E-state index in [1.54, 1.807) is 15.6 Å². The van der Waals surface area contributed by atoms with Crippen LogP contribution in [0.4, 0.5) is 5.69 Å². The van der Waals surface area contributed by atoms with Crippen LogP contribution >= 0.6 is 0 Å². The second-order valence-electron chi connectivity index (χ2n) is 4.63. The molecule has 0 aromatic carbocycles. The van der Waals surface area contributed by atoms with E-state index in [2.05, 4.69) is 10.2 Å². The normalized spacial score (nSPS) is 11.9. The molecule has 0 unspecified atom stereocenters. The van der Waals surface area contributed by atoms with Crippen molar-refractivity contribution in [3.8, 4) is 11.3 Å². The van der Waals surface area contributed by atoms with Crippen LogP contribution in [-0.4, -0.2) is 40.0 Å². The van der Waals surface area contributed by atoms with Crippen molar-refractivity contribution < 1.29 is 8.42 Å². The second kappa shape index (κ2) is 4.69. The highest BCUT2D eigenvalue weighted by Crippen LogP contribution is 2.26. The molecule has 0 atom stereocenters. The Hall–Kier alpha value is -1.83. The standard InChI is InChI=1S/C11H17N5O2S/c1-8-9(6-15(2)13-8)11-10(12)7-16(14-11)4-5-19(3,17)18/h6-7H,4-5,12H2,1-3H3. The molecule has 0 aliphatic rings. The van der Waals surface area contributed by atoms with Gasteiger partial charge in [0, 0.05) is 31.3 Å². The van der Waals surface area contributed by atoms with E-state index >= 15 is 0 Å². The quantitative estimate of drug-likeness (QED) is 0.866. The predicted octanol–water partition coefficient (Wildman–Crippen LogP) is 0.219. The summed E-state index contributed by atoms with van der Waals surface area (Å²) < 4.78 is 25.5. The van der Waals surface area contributed by atoms with E-state index in [-0.39, 0.29) is 5.75 Å². The molecule has 7 nitrogen and oxygen atoms in total. The zero-order valence-corrected chi connectivity index (χ0v) is 12.0. The summed E-state index contributed by atoms with van der Waals surface area (Å²) in [6, 6.07) is 0. The van der Waals surface area contributed by atoms with Crippen molar-refractivity contribution in [1.29, 1.82) is 0 Å². The van der Waals surface area contributed by atoms with Crippen LogP contribution in [0, 0.1) is 6.92 Å². The summed E-state index contributed by atoms with van der Waals surface area (Å²) in [5.74, 6) is 0.0413. The van der Waals surface area contributed by atoms with E-state index < -0.39 is 9.84 Å². The number of anilines is 1. The van der Waals surface area contributed by atoms with Crippen molar-refractivity contribution >= 4 is 15.5 Å². The minimum atomic E-state index is -3.01. The molecule has 2 rings (SSSR count). The molecule has 0 aliphatic carbocycles. The van der Waals surface area contributed by atoms with Gasteiger partial charge in [0.2, 0.25) is 0 Å². The molecule has 0 saturated carbocycles. The van der Waals surface area contributed by atoms with Gasteiger partial charge in [0.25, 0.3) is 0 Å². The number of hydrogen-bond acceptors (Lipinski definition) is 5. The van der Waals surface area contributed by atoms with Gasteiger partial charge in [-0.2, -0.15) is 10.2 Å². The van der Waals surface area contributed by atoms with Crippen LogP contribution in [0.5, 0.6) is 0 Å². The van der Waals surface area contributed by atoms with E-state index in [0.717, 1.165) is 11.3 Å². The molecule has 8 heteroatoms. The lowest BCUT2D eigenvalue weighted by Crippen LogP contribution is -2.11. The Morgan fingerprint density at radius 3 is 2.53 bits per heavy atom. The van der Waals surface area contributed by atoms with Gasteiger partial charge >= 0.3 is 0 Å². The van der Waals surface area contributed by atoms with Gasteiger partial charge in [-0.25, -0.2) is 8.42 Å². The molecular weight excluding hydrogens is 266 g/mol. The van der Waals surface area contributed by atoms with Crippen LogP contribution in [0.3, 0.4) is 0 Å². The smallest absolute Gasteiger partial charge is 0.149 e. The molecule has 0 spiro atoms. The van der Waals surface area contributed by atoms with Crippen molar-refractivity contribution in [1.82, 2.24) is 19.6 Å². The van der Waals surface area contributed by atoms with Crippen molar-refractivity contribution in [2.45, 2.75) is 13.5 Å². The van der Waals surface area contributed by atoms with Gasteiger partial charge in [-0.1, -0.05) is 0 Å². The van der Waals surface area contributed by atoms with E-state index in [0.29, 0.717) is 17.9 Å². The third-order valence-corrected chi connectivity index (χ3v) is 3.67. The first-order valence-corrected chi connectivity index (χ1v) is 7.83.